The molecule has 21 heavy (non-hydrogen) atoms. The van der Waals surface area contributed by atoms with E-state index in [1.165, 1.54) is 5.56 Å². The van der Waals surface area contributed by atoms with Gasteiger partial charge in [-0.2, -0.15) is 5.10 Å². The fourth-order valence-electron chi connectivity index (χ4n) is 3.64. The summed E-state index contributed by atoms with van der Waals surface area (Å²) in [7, 11) is 1.94. The number of likely N-dealkylation sites (tertiary alicyclic amines) is 2. The Morgan fingerprint density at radius 1 is 1.33 bits per heavy atom. The van der Waals surface area contributed by atoms with Crippen molar-refractivity contribution in [2.24, 2.45) is 12.5 Å². The van der Waals surface area contributed by atoms with Crippen LogP contribution in [0, 0.1) is 5.41 Å². The molecule has 2 saturated heterocycles. The first-order chi connectivity index (χ1) is 10.1. The minimum atomic E-state index is -0.0888. The number of piperidine rings is 1. The van der Waals surface area contributed by atoms with Gasteiger partial charge in [-0.15, -0.1) is 6.58 Å². The van der Waals surface area contributed by atoms with Gasteiger partial charge in [0, 0.05) is 38.4 Å². The summed E-state index contributed by atoms with van der Waals surface area (Å²) in [5, 5.41) is 4.22. The van der Waals surface area contributed by atoms with Crippen LogP contribution in [0.3, 0.4) is 0 Å². The molecule has 3 heterocycles. The molecule has 5 nitrogen and oxygen atoms in total. The molecule has 1 aromatic heterocycles. The number of aryl methyl sites for hydroxylation is 1. The Hall–Kier alpha value is -1.62. The van der Waals surface area contributed by atoms with E-state index in [4.69, 9.17) is 0 Å². The van der Waals surface area contributed by atoms with Crippen molar-refractivity contribution in [2.45, 2.75) is 25.8 Å². The Kier molecular flexibility index (Phi) is 3.85. The Morgan fingerprint density at radius 2 is 2.05 bits per heavy atom. The van der Waals surface area contributed by atoms with Crippen LogP contribution >= 0.6 is 0 Å². The largest absolute Gasteiger partial charge is 0.338 e. The third kappa shape index (κ3) is 2.75. The summed E-state index contributed by atoms with van der Waals surface area (Å²) in [6, 6.07) is 0. The van der Waals surface area contributed by atoms with Crippen molar-refractivity contribution in [3.8, 4) is 0 Å². The predicted molar refractivity (Wildman–Crippen MR) is 81.5 cm³/mol. The zero-order valence-electron chi connectivity index (χ0n) is 12.8. The Morgan fingerprint density at radius 3 is 2.67 bits per heavy atom. The molecule has 2 aliphatic heterocycles. The third-order valence-corrected chi connectivity index (χ3v) is 4.93. The van der Waals surface area contributed by atoms with E-state index in [-0.39, 0.29) is 5.41 Å². The number of nitrogens with zero attached hydrogens (tertiary/aromatic N) is 4. The Labute approximate surface area is 126 Å². The first-order valence-electron chi connectivity index (χ1n) is 7.73. The second-order valence-corrected chi connectivity index (χ2v) is 6.37. The van der Waals surface area contributed by atoms with Crippen LogP contribution < -0.4 is 0 Å². The van der Waals surface area contributed by atoms with Crippen LogP contribution in [0.1, 0.15) is 24.8 Å². The molecule has 114 valence electrons. The summed E-state index contributed by atoms with van der Waals surface area (Å²) >= 11 is 0. The van der Waals surface area contributed by atoms with Gasteiger partial charge in [-0.1, -0.05) is 6.08 Å². The highest BCUT2D eigenvalue weighted by Crippen LogP contribution is 2.41. The molecule has 0 N–H and O–H groups in total. The highest BCUT2D eigenvalue weighted by molar-refractivity contribution is 5.85. The Bertz CT molecular complexity index is 528. The van der Waals surface area contributed by atoms with E-state index in [9.17, 15) is 4.79 Å². The van der Waals surface area contributed by atoms with Gasteiger partial charge in [0.1, 0.15) is 0 Å². The molecule has 0 unspecified atom stereocenters. The maximum atomic E-state index is 12.6. The molecule has 0 bridgehead atoms. The topological polar surface area (TPSA) is 41.4 Å². The van der Waals surface area contributed by atoms with E-state index in [1.54, 1.807) is 0 Å². The van der Waals surface area contributed by atoms with Crippen LogP contribution in [0.25, 0.3) is 0 Å². The molecule has 2 aliphatic rings. The summed E-state index contributed by atoms with van der Waals surface area (Å²) < 4.78 is 1.84. The molecule has 0 radical (unpaired) electrons. The molecule has 1 amide bonds. The van der Waals surface area contributed by atoms with Crippen molar-refractivity contribution in [3.05, 3.63) is 30.6 Å². The van der Waals surface area contributed by atoms with E-state index in [1.807, 2.05) is 28.9 Å². The highest BCUT2D eigenvalue weighted by atomic mass is 16.2. The van der Waals surface area contributed by atoms with Gasteiger partial charge in [-0.05, 0) is 32.4 Å². The summed E-state index contributed by atoms with van der Waals surface area (Å²) in [5.41, 5.74) is 1.16. The SMILES string of the molecule is C=CCN1CCC2(CCN(Cc3cnn(C)c3)CC2)C1=O. The van der Waals surface area contributed by atoms with Gasteiger partial charge in [0.2, 0.25) is 5.91 Å². The number of carbonyl (C=O) groups is 1. The molecule has 2 fully saturated rings. The minimum Gasteiger partial charge on any atom is -0.338 e. The second kappa shape index (κ2) is 5.64. The monoisotopic (exact) mass is 288 g/mol. The van der Waals surface area contributed by atoms with Crippen molar-refractivity contribution in [2.75, 3.05) is 26.2 Å². The fraction of sp³-hybridized carbons (Fsp3) is 0.625. The van der Waals surface area contributed by atoms with Crippen LogP contribution in [0.5, 0.6) is 0 Å². The van der Waals surface area contributed by atoms with Gasteiger partial charge in [0.25, 0.3) is 0 Å². The van der Waals surface area contributed by atoms with Crippen LogP contribution in [-0.2, 0) is 18.4 Å². The second-order valence-electron chi connectivity index (χ2n) is 6.37. The fourth-order valence-corrected chi connectivity index (χ4v) is 3.64. The smallest absolute Gasteiger partial charge is 0.229 e. The molecule has 3 rings (SSSR count). The van der Waals surface area contributed by atoms with Crippen molar-refractivity contribution in [1.29, 1.82) is 0 Å². The molecule has 1 spiro atoms. The van der Waals surface area contributed by atoms with Gasteiger partial charge in [0.15, 0.2) is 0 Å². The number of amides is 1. The normalized spacial score (nSPS) is 22.1. The van der Waals surface area contributed by atoms with Gasteiger partial charge in [0.05, 0.1) is 11.6 Å². The van der Waals surface area contributed by atoms with Crippen molar-refractivity contribution >= 4 is 5.91 Å². The number of carbonyl (C=O) groups excluding carboxylic acids is 1. The maximum Gasteiger partial charge on any atom is 0.229 e. The van der Waals surface area contributed by atoms with Gasteiger partial charge >= 0.3 is 0 Å². The first kappa shape index (κ1) is 14.3. The average Bonchev–Trinajstić information content (AvgIpc) is 3.01. The lowest BCUT2D eigenvalue weighted by atomic mass is 9.77. The van der Waals surface area contributed by atoms with Crippen LogP contribution in [0.4, 0.5) is 0 Å². The molecule has 0 saturated carbocycles. The van der Waals surface area contributed by atoms with Gasteiger partial charge < -0.3 is 4.90 Å². The average molecular weight is 288 g/mol. The van der Waals surface area contributed by atoms with Gasteiger partial charge in [-0.3, -0.25) is 14.4 Å². The molecule has 0 aromatic carbocycles. The third-order valence-electron chi connectivity index (χ3n) is 4.93. The zero-order valence-corrected chi connectivity index (χ0v) is 12.8. The van der Waals surface area contributed by atoms with Crippen molar-refractivity contribution in [1.82, 2.24) is 19.6 Å². The molecule has 1 aromatic rings. The summed E-state index contributed by atoms with van der Waals surface area (Å²) in [4.78, 5) is 17.0. The number of hydrogen-bond acceptors (Lipinski definition) is 3. The Balaban J connectivity index is 1.57. The minimum absolute atomic E-state index is 0.0888. The van der Waals surface area contributed by atoms with E-state index >= 15 is 0 Å². The van der Waals surface area contributed by atoms with Crippen LogP contribution in [0.15, 0.2) is 25.0 Å². The lowest BCUT2D eigenvalue weighted by Gasteiger charge is -2.37. The standard InChI is InChI=1S/C16H24N4O/c1-3-7-20-10-6-16(15(20)21)4-8-19(9-5-16)13-14-11-17-18(2)12-14/h3,11-12H,1,4-10,13H2,2H3. The molecule has 0 atom stereocenters. The molecule has 5 heteroatoms. The molecule has 0 aliphatic carbocycles. The first-order valence-corrected chi connectivity index (χ1v) is 7.73. The number of rotatable bonds is 4. The predicted octanol–water partition coefficient (Wildman–Crippen LogP) is 1.42. The van der Waals surface area contributed by atoms with Crippen LogP contribution in [0.2, 0.25) is 0 Å². The lowest BCUT2D eigenvalue weighted by molar-refractivity contribution is -0.138. The van der Waals surface area contributed by atoms with E-state index in [2.05, 4.69) is 22.8 Å². The van der Waals surface area contributed by atoms with E-state index in [0.717, 1.165) is 45.4 Å². The zero-order chi connectivity index (χ0) is 14.9. The van der Waals surface area contributed by atoms with E-state index < -0.39 is 0 Å². The highest BCUT2D eigenvalue weighted by Gasteiger charge is 2.47. The summed E-state index contributed by atoms with van der Waals surface area (Å²) in [6.45, 7) is 8.28. The lowest BCUT2D eigenvalue weighted by Crippen LogP contribution is -2.44. The summed E-state index contributed by atoms with van der Waals surface area (Å²) in [5.74, 6) is 0.350. The van der Waals surface area contributed by atoms with Crippen molar-refractivity contribution in [3.63, 3.8) is 0 Å². The summed E-state index contributed by atoms with van der Waals surface area (Å²) in [6.07, 6.45) is 8.81. The van der Waals surface area contributed by atoms with Crippen molar-refractivity contribution < 1.29 is 4.79 Å². The number of hydrogen-bond donors (Lipinski definition) is 0. The quantitative estimate of drug-likeness (QED) is 0.787. The van der Waals surface area contributed by atoms with E-state index in [0.29, 0.717) is 12.5 Å². The molecular weight excluding hydrogens is 264 g/mol. The number of aromatic nitrogens is 2. The van der Waals surface area contributed by atoms with Crippen LogP contribution in [-0.4, -0.2) is 51.7 Å². The maximum absolute atomic E-state index is 12.6. The van der Waals surface area contributed by atoms with Gasteiger partial charge in [-0.25, -0.2) is 0 Å². The molecular formula is C16H24N4O.